The van der Waals surface area contributed by atoms with Crippen LogP contribution in [0.3, 0.4) is 0 Å². The maximum absolute atomic E-state index is 14.2. The summed E-state index contributed by atoms with van der Waals surface area (Å²) in [7, 11) is 0. The first-order chi connectivity index (χ1) is 16.0. The van der Waals surface area contributed by atoms with Gasteiger partial charge in [-0.3, -0.25) is 4.79 Å². The summed E-state index contributed by atoms with van der Waals surface area (Å²) in [5, 5.41) is 6.71. The third-order valence-electron chi connectivity index (χ3n) is 5.66. The van der Waals surface area contributed by atoms with Gasteiger partial charge < -0.3 is 5.32 Å². The van der Waals surface area contributed by atoms with Gasteiger partial charge in [0.25, 0.3) is 0 Å². The number of fused-ring (bicyclic) bond motifs is 2. The van der Waals surface area contributed by atoms with E-state index < -0.39 is 34.7 Å². The van der Waals surface area contributed by atoms with Crippen molar-refractivity contribution in [3.8, 4) is 11.5 Å². The summed E-state index contributed by atoms with van der Waals surface area (Å²) in [6.45, 7) is 0.712. The molecule has 0 saturated heterocycles. The van der Waals surface area contributed by atoms with Crippen molar-refractivity contribution in [1.29, 1.82) is 0 Å². The number of carbonyl (C=O) groups excluding carboxylic acids is 1. The highest BCUT2D eigenvalue weighted by Gasteiger charge is 2.63. The average Bonchev–Trinajstić information content (AvgIpc) is 3.24. The second-order valence-corrected chi connectivity index (χ2v) is 8.78. The van der Waals surface area contributed by atoms with Crippen molar-refractivity contribution in [3.63, 3.8) is 0 Å². The Balaban J connectivity index is 1.69. The molecule has 0 bridgehead atoms. The number of alkyl halides is 3. The minimum atomic E-state index is -4.88. The Bertz CT molecular complexity index is 1490. The largest absolute Gasteiger partial charge is 0.407 e. The Labute approximate surface area is 201 Å². The van der Waals surface area contributed by atoms with Gasteiger partial charge in [0.1, 0.15) is 26.8 Å². The summed E-state index contributed by atoms with van der Waals surface area (Å²) in [5.41, 5.74) is -2.70. The van der Waals surface area contributed by atoms with Crippen molar-refractivity contribution >= 4 is 45.3 Å². The van der Waals surface area contributed by atoms with E-state index in [1.165, 1.54) is 16.8 Å². The Hall–Kier alpha value is -3.23. The van der Waals surface area contributed by atoms with Crippen LogP contribution < -0.4 is 5.32 Å². The standard InChI is InChI=1S/C21H12F5IN6O/c1-20(21(24,25)26)13-15(27)29-17(30-16(13)31-19(20)34)14-11-6-10(22)7-28-18(11)33(32-14)8-9-4-2-3-5-12(9)23/h2-7H,8H2,1H3,(H,29,30,31,34). The lowest BCUT2D eigenvalue weighted by molar-refractivity contribution is -0.186. The van der Waals surface area contributed by atoms with Gasteiger partial charge in [-0.2, -0.15) is 18.3 Å². The van der Waals surface area contributed by atoms with Crippen LogP contribution in [0.2, 0.25) is 0 Å². The maximum Gasteiger partial charge on any atom is 0.407 e. The van der Waals surface area contributed by atoms with Crippen molar-refractivity contribution in [2.45, 2.75) is 25.1 Å². The first-order valence-corrected chi connectivity index (χ1v) is 10.8. The second-order valence-electron chi connectivity index (χ2n) is 7.76. The number of carbonyl (C=O) groups is 1. The van der Waals surface area contributed by atoms with E-state index in [-0.39, 0.29) is 38.6 Å². The molecule has 1 N–H and O–H groups in total. The van der Waals surface area contributed by atoms with E-state index in [4.69, 9.17) is 0 Å². The van der Waals surface area contributed by atoms with Gasteiger partial charge in [0.2, 0.25) is 5.91 Å². The molecule has 0 saturated carbocycles. The third kappa shape index (κ3) is 3.32. The third-order valence-corrected chi connectivity index (χ3v) is 6.44. The molecule has 0 fully saturated rings. The van der Waals surface area contributed by atoms with Crippen LogP contribution in [0.4, 0.5) is 27.8 Å². The highest BCUT2D eigenvalue weighted by molar-refractivity contribution is 14.1. The fourth-order valence-corrected chi connectivity index (χ4v) is 4.81. The molecule has 1 aromatic carbocycles. The number of hydrogen-bond donors (Lipinski definition) is 1. The molecule has 5 rings (SSSR count). The van der Waals surface area contributed by atoms with Crippen LogP contribution in [0.1, 0.15) is 18.1 Å². The van der Waals surface area contributed by atoms with Crippen molar-refractivity contribution in [2.24, 2.45) is 0 Å². The zero-order valence-corrected chi connectivity index (χ0v) is 19.2. The minimum absolute atomic E-state index is 0.0221. The SMILES string of the molecule is CC1(C(F)(F)F)C(=O)Nc2nc(-c3nn(Cc4ccccc4F)c4ncc(F)cc34)nc(I)c21. The van der Waals surface area contributed by atoms with Crippen molar-refractivity contribution in [3.05, 3.63) is 63.0 Å². The summed E-state index contributed by atoms with van der Waals surface area (Å²) in [6, 6.07) is 7.13. The molecule has 1 aliphatic heterocycles. The van der Waals surface area contributed by atoms with Gasteiger partial charge in [-0.05, 0) is 41.6 Å². The predicted octanol–water partition coefficient (Wildman–Crippen LogP) is 4.59. The van der Waals surface area contributed by atoms with Crippen LogP contribution in [0.15, 0.2) is 36.5 Å². The first-order valence-electron chi connectivity index (χ1n) is 9.72. The van der Waals surface area contributed by atoms with Gasteiger partial charge in [0, 0.05) is 5.56 Å². The molecule has 13 heteroatoms. The highest BCUT2D eigenvalue weighted by atomic mass is 127. The molecule has 7 nitrogen and oxygen atoms in total. The highest BCUT2D eigenvalue weighted by Crippen LogP contribution is 2.49. The number of hydrogen-bond acceptors (Lipinski definition) is 5. The Morgan fingerprint density at radius 1 is 1.18 bits per heavy atom. The van der Waals surface area contributed by atoms with Gasteiger partial charge in [0.05, 0.1) is 23.7 Å². The van der Waals surface area contributed by atoms with Crippen LogP contribution in [-0.4, -0.2) is 36.8 Å². The molecule has 174 valence electrons. The summed E-state index contributed by atoms with van der Waals surface area (Å²) >= 11 is 1.60. The number of anilines is 1. The van der Waals surface area contributed by atoms with E-state index in [1.807, 2.05) is 0 Å². The fraction of sp³-hybridized carbons (Fsp3) is 0.190. The number of aromatic nitrogens is 5. The topological polar surface area (TPSA) is 85.6 Å². The average molecular weight is 586 g/mol. The second kappa shape index (κ2) is 7.65. The Morgan fingerprint density at radius 3 is 2.62 bits per heavy atom. The van der Waals surface area contributed by atoms with E-state index >= 15 is 0 Å². The van der Waals surface area contributed by atoms with Gasteiger partial charge in [0.15, 0.2) is 16.9 Å². The predicted molar refractivity (Wildman–Crippen MR) is 119 cm³/mol. The summed E-state index contributed by atoms with van der Waals surface area (Å²) < 4.78 is 70.7. The number of benzene rings is 1. The normalized spacial score (nSPS) is 17.8. The number of pyridine rings is 1. The number of nitrogens with one attached hydrogen (secondary N) is 1. The molecule has 0 radical (unpaired) electrons. The lowest BCUT2D eigenvalue weighted by Crippen LogP contribution is -2.45. The van der Waals surface area contributed by atoms with E-state index in [2.05, 4.69) is 25.4 Å². The van der Waals surface area contributed by atoms with Gasteiger partial charge in [-0.1, -0.05) is 18.2 Å². The van der Waals surface area contributed by atoms with E-state index in [1.54, 1.807) is 34.7 Å². The molecule has 34 heavy (non-hydrogen) atoms. The van der Waals surface area contributed by atoms with E-state index in [9.17, 15) is 26.7 Å². The van der Waals surface area contributed by atoms with Crippen molar-refractivity contribution in [2.75, 3.05) is 5.32 Å². The first kappa shape index (κ1) is 22.6. The van der Waals surface area contributed by atoms with Crippen LogP contribution >= 0.6 is 22.6 Å². The van der Waals surface area contributed by atoms with Gasteiger partial charge in [-0.15, -0.1) is 0 Å². The van der Waals surface area contributed by atoms with Gasteiger partial charge >= 0.3 is 6.18 Å². The number of amides is 1. The van der Waals surface area contributed by atoms with Crippen molar-refractivity contribution < 1.29 is 26.7 Å². The molecule has 4 aromatic rings. The lowest BCUT2D eigenvalue weighted by Gasteiger charge is -2.25. The smallest absolute Gasteiger partial charge is 0.309 e. The van der Waals surface area contributed by atoms with Crippen LogP contribution in [0.25, 0.3) is 22.6 Å². The summed E-state index contributed by atoms with van der Waals surface area (Å²) in [5.74, 6) is -2.89. The monoisotopic (exact) mass is 586 g/mol. The molecule has 3 aromatic heterocycles. The summed E-state index contributed by atoms with van der Waals surface area (Å²) in [6.07, 6.45) is -3.91. The minimum Gasteiger partial charge on any atom is -0.309 e. The summed E-state index contributed by atoms with van der Waals surface area (Å²) in [4.78, 5) is 24.6. The molecule has 0 aliphatic carbocycles. The molecule has 1 aliphatic rings. The molecule has 1 amide bonds. The lowest BCUT2D eigenvalue weighted by atomic mass is 9.84. The van der Waals surface area contributed by atoms with E-state index in [0.29, 0.717) is 5.56 Å². The van der Waals surface area contributed by atoms with Crippen LogP contribution in [0.5, 0.6) is 0 Å². The van der Waals surface area contributed by atoms with Gasteiger partial charge in [-0.25, -0.2) is 28.4 Å². The zero-order valence-electron chi connectivity index (χ0n) is 17.1. The van der Waals surface area contributed by atoms with Crippen LogP contribution in [-0.2, 0) is 16.8 Å². The zero-order chi connectivity index (χ0) is 24.4. The Morgan fingerprint density at radius 2 is 1.91 bits per heavy atom. The molecular weight excluding hydrogens is 574 g/mol. The number of rotatable bonds is 3. The maximum atomic E-state index is 14.2. The van der Waals surface area contributed by atoms with Crippen molar-refractivity contribution in [1.82, 2.24) is 24.7 Å². The molecular formula is C21H12F5IN6O. The molecule has 1 unspecified atom stereocenters. The van der Waals surface area contributed by atoms with Crippen LogP contribution in [0, 0.1) is 15.3 Å². The molecule has 0 spiro atoms. The number of nitrogens with zero attached hydrogens (tertiary/aromatic N) is 5. The molecule has 1 atom stereocenters. The Kier molecular flexibility index (Phi) is 5.07. The molecule has 4 heterocycles. The quantitative estimate of drug-likeness (QED) is 0.216. The fourth-order valence-electron chi connectivity index (χ4n) is 3.79. The van der Waals surface area contributed by atoms with E-state index in [0.717, 1.165) is 19.2 Å². The number of halogens is 6.